The minimum atomic E-state index is -0.964. The van der Waals surface area contributed by atoms with E-state index in [0.29, 0.717) is 37.9 Å². The average molecular weight is 397 g/mol. The highest BCUT2D eigenvalue weighted by molar-refractivity contribution is 5.85. The van der Waals surface area contributed by atoms with E-state index in [4.69, 9.17) is 26.0 Å². The van der Waals surface area contributed by atoms with Crippen LogP contribution in [-0.2, 0) is 22.5 Å². The molecule has 1 spiro atoms. The summed E-state index contributed by atoms with van der Waals surface area (Å²) in [6.45, 7) is 3.19. The quantitative estimate of drug-likeness (QED) is 0.644. The molecule has 152 valence electrons. The van der Waals surface area contributed by atoms with Gasteiger partial charge in [-0.1, -0.05) is 24.3 Å². The number of aliphatic carboxylic acids is 1. The first-order chi connectivity index (χ1) is 13.9. The lowest BCUT2D eigenvalue weighted by Gasteiger charge is -2.31. The van der Waals surface area contributed by atoms with Crippen LogP contribution in [0.1, 0.15) is 16.7 Å². The number of anilines is 2. The van der Waals surface area contributed by atoms with Crippen molar-refractivity contribution in [3.05, 3.63) is 47.0 Å². The van der Waals surface area contributed by atoms with Crippen LogP contribution in [0.25, 0.3) is 6.08 Å². The van der Waals surface area contributed by atoms with E-state index in [-0.39, 0.29) is 5.95 Å². The molecule has 1 aromatic heterocycles. The minimum Gasteiger partial charge on any atom is -0.478 e. The summed E-state index contributed by atoms with van der Waals surface area (Å²) in [5, 5.41) is 8.73. The zero-order chi connectivity index (χ0) is 20.4. The van der Waals surface area contributed by atoms with Gasteiger partial charge in [0.05, 0.1) is 18.8 Å². The number of ether oxygens (including phenoxy) is 2. The Kier molecular flexibility index (Phi) is 5.08. The molecule has 2 aliphatic heterocycles. The molecule has 1 aromatic carbocycles. The molecule has 3 heterocycles. The van der Waals surface area contributed by atoms with Gasteiger partial charge in [-0.05, 0) is 17.2 Å². The maximum atomic E-state index is 10.6. The Morgan fingerprint density at radius 1 is 1.28 bits per heavy atom. The summed E-state index contributed by atoms with van der Waals surface area (Å²) in [6.07, 6.45) is 3.27. The molecule has 4 rings (SSSR count). The van der Waals surface area contributed by atoms with Crippen LogP contribution in [-0.4, -0.2) is 57.8 Å². The molecular formula is C20H23N5O4. The van der Waals surface area contributed by atoms with Gasteiger partial charge in [-0.2, -0.15) is 9.97 Å². The summed E-state index contributed by atoms with van der Waals surface area (Å²) < 4.78 is 12.0. The molecule has 0 amide bonds. The largest absolute Gasteiger partial charge is 0.478 e. The number of nitrogen functional groups attached to an aromatic ring is 2. The van der Waals surface area contributed by atoms with Crippen LogP contribution >= 0.6 is 0 Å². The Bertz CT molecular complexity index is 947. The van der Waals surface area contributed by atoms with Crippen molar-refractivity contribution < 1.29 is 19.4 Å². The average Bonchev–Trinajstić information content (AvgIpc) is 2.91. The van der Waals surface area contributed by atoms with Crippen LogP contribution in [0.15, 0.2) is 30.3 Å². The number of fused-ring (bicyclic) bond motifs is 1. The first kappa shape index (κ1) is 19.2. The second-order valence-corrected chi connectivity index (χ2v) is 7.39. The number of hydrogen-bond acceptors (Lipinski definition) is 8. The fourth-order valence-corrected chi connectivity index (χ4v) is 3.76. The summed E-state index contributed by atoms with van der Waals surface area (Å²) in [4.78, 5) is 21.1. The van der Waals surface area contributed by atoms with Crippen molar-refractivity contribution in [1.29, 1.82) is 0 Å². The van der Waals surface area contributed by atoms with Gasteiger partial charge in [0.15, 0.2) is 5.60 Å². The van der Waals surface area contributed by atoms with E-state index < -0.39 is 11.6 Å². The molecule has 2 aromatic rings. The molecule has 0 bridgehead atoms. The topological polar surface area (TPSA) is 137 Å². The fraction of sp³-hybridized carbons (Fsp3) is 0.350. The second-order valence-electron chi connectivity index (χ2n) is 7.39. The molecule has 0 radical (unpaired) electrons. The molecule has 2 aliphatic rings. The number of carboxylic acids is 1. The van der Waals surface area contributed by atoms with Gasteiger partial charge in [0.2, 0.25) is 11.8 Å². The number of hydrogen-bond donors (Lipinski definition) is 3. The van der Waals surface area contributed by atoms with Gasteiger partial charge in [0.1, 0.15) is 5.82 Å². The number of nitrogens with zero attached hydrogens (tertiary/aromatic N) is 3. The normalized spacial score (nSPS) is 21.8. The molecule has 9 heteroatoms. The monoisotopic (exact) mass is 397 g/mol. The van der Waals surface area contributed by atoms with Crippen LogP contribution < -0.4 is 16.2 Å². The first-order valence-corrected chi connectivity index (χ1v) is 9.33. The van der Waals surface area contributed by atoms with Gasteiger partial charge in [-0.15, -0.1) is 0 Å². The van der Waals surface area contributed by atoms with Crippen molar-refractivity contribution in [2.45, 2.75) is 18.6 Å². The fourth-order valence-electron chi connectivity index (χ4n) is 3.76. The Morgan fingerprint density at radius 3 is 2.83 bits per heavy atom. The lowest BCUT2D eigenvalue weighted by molar-refractivity contribution is -0.131. The van der Waals surface area contributed by atoms with Gasteiger partial charge in [0.25, 0.3) is 0 Å². The van der Waals surface area contributed by atoms with Gasteiger partial charge in [-0.25, -0.2) is 4.79 Å². The van der Waals surface area contributed by atoms with E-state index in [9.17, 15) is 4.79 Å². The Balaban J connectivity index is 1.47. The molecule has 1 saturated heterocycles. The van der Waals surface area contributed by atoms with Crippen molar-refractivity contribution in [2.75, 3.05) is 37.8 Å². The Morgan fingerprint density at radius 2 is 2.07 bits per heavy atom. The third kappa shape index (κ3) is 4.30. The highest BCUT2D eigenvalue weighted by atomic mass is 16.6. The van der Waals surface area contributed by atoms with Crippen molar-refractivity contribution in [2.24, 2.45) is 0 Å². The van der Waals surface area contributed by atoms with E-state index in [2.05, 4.69) is 14.9 Å². The molecule has 1 fully saturated rings. The number of carboxylic acid groups (broad SMARTS) is 1. The van der Waals surface area contributed by atoms with Crippen molar-refractivity contribution in [3.63, 3.8) is 0 Å². The summed E-state index contributed by atoms with van der Waals surface area (Å²) in [6, 6.07) is 7.79. The first-order valence-electron chi connectivity index (χ1n) is 9.33. The molecule has 0 saturated carbocycles. The van der Waals surface area contributed by atoms with E-state index in [0.717, 1.165) is 35.9 Å². The van der Waals surface area contributed by atoms with Crippen molar-refractivity contribution in [1.82, 2.24) is 14.9 Å². The molecule has 1 atom stereocenters. The minimum absolute atomic E-state index is 0.0988. The second kappa shape index (κ2) is 7.69. The summed E-state index contributed by atoms with van der Waals surface area (Å²) in [7, 11) is 0. The molecule has 1 unspecified atom stereocenters. The summed E-state index contributed by atoms with van der Waals surface area (Å²) in [5.74, 6) is -0.0736. The van der Waals surface area contributed by atoms with Crippen LogP contribution in [0.5, 0.6) is 5.88 Å². The van der Waals surface area contributed by atoms with E-state index in [1.165, 1.54) is 0 Å². The molecule has 5 N–H and O–H groups in total. The Hall–Kier alpha value is -3.17. The van der Waals surface area contributed by atoms with Gasteiger partial charge in [-0.3, -0.25) is 4.90 Å². The zero-order valence-electron chi connectivity index (χ0n) is 15.9. The third-order valence-electron chi connectivity index (χ3n) is 5.06. The van der Waals surface area contributed by atoms with Crippen molar-refractivity contribution >= 4 is 23.8 Å². The van der Waals surface area contributed by atoms with Crippen LogP contribution in [0.3, 0.4) is 0 Å². The predicted octanol–water partition coefficient (Wildman–Crippen LogP) is 0.945. The van der Waals surface area contributed by atoms with E-state index >= 15 is 0 Å². The molecule has 9 nitrogen and oxygen atoms in total. The number of nitrogens with two attached hydrogens (primary N) is 2. The number of benzene rings is 1. The van der Waals surface area contributed by atoms with Gasteiger partial charge in [0, 0.05) is 32.1 Å². The molecular weight excluding hydrogens is 374 g/mol. The maximum absolute atomic E-state index is 10.6. The highest BCUT2D eigenvalue weighted by Gasteiger charge is 2.44. The lowest BCUT2D eigenvalue weighted by atomic mass is 9.97. The SMILES string of the molecule is Nc1nc(N)c2c(n1)OC1(COCCN(Cc3ccc(/C=C/C(=O)O)cc3)C1)C2. The summed E-state index contributed by atoms with van der Waals surface area (Å²) in [5.41, 5.74) is 13.9. The predicted molar refractivity (Wildman–Crippen MR) is 107 cm³/mol. The van der Waals surface area contributed by atoms with E-state index in [1.807, 2.05) is 24.3 Å². The Labute approximate surface area is 167 Å². The molecule has 0 aliphatic carbocycles. The third-order valence-corrected chi connectivity index (χ3v) is 5.06. The zero-order valence-corrected chi connectivity index (χ0v) is 15.9. The maximum Gasteiger partial charge on any atom is 0.328 e. The van der Waals surface area contributed by atoms with Crippen LogP contribution in [0.2, 0.25) is 0 Å². The van der Waals surface area contributed by atoms with Gasteiger partial charge < -0.3 is 26.0 Å². The van der Waals surface area contributed by atoms with Crippen LogP contribution in [0, 0.1) is 0 Å². The number of aromatic nitrogens is 2. The molecule has 29 heavy (non-hydrogen) atoms. The number of rotatable bonds is 4. The highest BCUT2D eigenvalue weighted by Crippen LogP contribution is 2.38. The van der Waals surface area contributed by atoms with Crippen LogP contribution in [0.4, 0.5) is 11.8 Å². The van der Waals surface area contributed by atoms with Crippen molar-refractivity contribution in [3.8, 4) is 5.88 Å². The number of carbonyl (C=O) groups is 1. The van der Waals surface area contributed by atoms with E-state index in [1.54, 1.807) is 6.08 Å². The smallest absolute Gasteiger partial charge is 0.328 e. The summed E-state index contributed by atoms with van der Waals surface area (Å²) >= 11 is 0. The lowest BCUT2D eigenvalue weighted by Crippen LogP contribution is -2.48. The van der Waals surface area contributed by atoms with Gasteiger partial charge >= 0.3 is 5.97 Å². The standard InChI is InChI=1S/C20H23N5O4/c21-17-15-9-20(29-18(15)24-19(22)23-17)11-25(7-8-28-12-20)10-14-3-1-13(2-4-14)5-6-16(26)27/h1-6H,7-12H2,(H,26,27)(H4,21,22,23,24)/b6-5+.